The number of benzene rings is 2. The quantitative estimate of drug-likeness (QED) is 0.756. The van der Waals surface area contributed by atoms with Gasteiger partial charge in [0.15, 0.2) is 0 Å². The SMILES string of the molecule is O=C([O-])Cc1ccc(Cl)cc1C(=O)Nc1cc(C(F)(F)F)cc(C(F)(F)F)c1. The number of hydrogen-bond donors (Lipinski definition) is 1. The lowest BCUT2D eigenvalue weighted by Crippen LogP contribution is -2.26. The summed E-state index contributed by atoms with van der Waals surface area (Å²) in [5, 5.41) is 12.7. The van der Waals surface area contributed by atoms with Gasteiger partial charge in [0.25, 0.3) is 5.91 Å². The number of carboxylic acids is 1. The smallest absolute Gasteiger partial charge is 0.416 e. The van der Waals surface area contributed by atoms with E-state index in [1.807, 2.05) is 5.32 Å². The molecular formula is C17H9ClF6NO3-. The van der Waals surface area contributed by atoms with Crippen LogP contribution in [0.2, 0.25) is 5.02 Å². The molecule has 0 radical (unpaired) electrons. The second-order valence-electron chi connectivity index (χ2n) is 5.60. The summed E-state index contributed by atoms with van der Waals surface area (Å²) in [7, 11) is 0. The Labute approximate surface area is 158 Å². The second kappa shape index (κ2) is 7.70. The molecule has 1 N–H and O–H groups in total. The standard InChI is InChI=1S/C17H10ClF6NO3/c18-11-2-1-8(3-14(26)27)13(7-11)15(28)25-12-5-9(16(19,20)21)4-10(6-12)17(22,23)24/h1-2,4-7H,3H2,(H,25,28)(H,26,27)/p-1. The predicted molar refractivity (Wildman–Crippen MR) is 84.6 cm³/mol. The number of alkyl halides is 6. The van der Waals surface area contributed by atoms with E-state index in [1.165, 1.54) is 12.1 Å². The van der Waals surface area contributed by atoms with Gasteiger partial charge in [0.05, 0.1) is 11.1 Å². The van der Waals surface area contributed by atoms with Gasteiger partial charge in [-0.05, 0) is 35.9 Å². The predicted octanol–water partition coefficient (Wildman–Crippen LogP) is 3.92. The number of halogens is 7. The van der Waals surface area contributed by atoms with Crippen molar-refractivity contribution in [1.29, 1.82) is 0 Å². The molecule has 0 bridgehead atoms. The number of rotatable bonds is 4. The highest BCUT2D eigenvalue weighted by molar-refractivity contribution is 6.31. The van der Waals surface area contributed by atoms with Crippen molar-refractivity contribution in [2.45, 2.75) is 18.8 Å². The lowest BCUT2D eigenvalue weighted by molar-refractivity contribution is -0.304. The van der Waals surface area contributed by atoms with Crippen molar-refractivity contribution in [3.05, 3.63) is 63.7 Å². The molecule has 0 aliphatic heterocycles. The third-order valence-electron chi connectivity index (χ3n) is 3.50. The van der Waals surface area contributed by atoms with Crippen LogP contribution in [0.15, 0.2) is 36.4 Å². The molecule has 150 valence electrons. The minimum absolute atomic E-state index is 0.00673. The third kappa shape index (κ3) is 5.38. The van der Waals surface area contributed by atoms with Crippen LogP contribution in [0, 0.1) is 0 Å². The molecule has 0 saturated carbocycles. The summed E-state index contributed by atoms with van der Waals surface area (Å²) in [6, 6.07) is 4.05. The molecule has 0 atom stereocenters. The van der Waals surface area contributed by atoms with Gasteiger partial charge in [0.2, 0.25) is 0 Å². The van der Waals surface area contributed by atoms with E-state index in [1.54, 1.807) is 0 Å². The van der Waals surface area contributed by atoms with Crippen molar-refractivity contribution in [2.75, 3.05) is 5.32 Å². The Morgan fingerprint density at radius 1 is 0.929 bits per heavy atom. The molecule has 2 aromatic rings. The molecule has 1 amide bonds. The van der Waals surface area contributed by atoms with Crippen molar-refractivity contribution >= 4 is 29.2 Å². The molecule has 4 nitrogen and oxygen atoms in total. The molecular weight excluding hydrogens is 416 g/mol. The first-order valence-corrected chi connectivity index (χ1v) is 7.74. The molecule has 28 heavy (non-hydrogen) atoms. The average molecular weight is 425 g/mol. The van der Waals surface area contributed by atoms with Gasteiger partial charge in [0, 0.05) is 28.7 Å². The summed E-state index contributed by atoms with van der Waals surface area (Å²) in [6.07, 6.45) is -10.9. The number of carbonyl (C=O) groups excluding carboxylic acids is 2. The van der Waals surface area contributed by atoms with Crippen molar-refractivity contribution in [2.24, 2.45) is 0 Å². The molecule has 0 saturated heterocycles. The van der Waals surface area contributed by atoms with E-state index >= 15 is 0 Å². The Kier molecular flexibility index (Phi) is 5.93. The monoisotopic (exact) mass is 424 g/mol. The second-order valence-corrected chi connectivity index (χ2v) is 6.04. The van der Waals surface area contributed by atoms with E-state index in [0.717, 1.165) is 6.07 Å². The third-order valence-corrected chi connectivity index (χ3v) is 3.73. The average Bonchev–Trinajstić information content (AvgIpc) is 2.54. The lowest BCUT2D eigenvalue weighted by atomic mass is 10.0. The summed E-state index contributed by atoms with van der Waals surface area (Å²) in [5.74, 6) is -2.68. The molecule has 0 unspecified atom stereocenters. The van der Waals surface area contributed by atoms with E-state index < -0.39 is 47.5 Å². The molecule has 2 aromatic carbocycles. The summed E-state index contributed by atoms with van der Waals surface area (Å²) in [6.45, 7) is 0. The minimum atomic E-state index is -5.09. The zero-order valence-electron chi connectivity index (χ0n) is 13.5. The van der Waals surface area contributed by atoms with Crippen LogP contribution in [-0.4, -0.2) is 11.9 Å². The Morgan fingerprint density at radius 3 is 1.93 bits per heavy atom. The molecule has 0 fully saturated rings. The van der Waals surface area contributed by atoms with Gasteiger partial charge in [-0.1, -0.05) is 17.7 Å². The fourth-order valence-corrected chi connectivity index (χ4v) is 2.47. The highest BCUT2D eigenvalue weighted by Gasteiger charge is 2.37. The van der Waals surface area contributed by atoms with E-state index in [9.17, 15) is 41.0 Å². The number of aliphatic carboxylic acids is 1. The number of amides is 1. The number of carboxylic acid groups (broad SMARTS) is 1. The fraction of sp³-hybridized carbons (Fsp3) is 0.176. The van der Waals surface area contributed by atoms with Gasteiger partial charge >= 0.3 is 12.4 Å². The Hall–Kier alpha value is -2.75. The Morgan fingerprint density at radius 2 is 1.46 bits per heavy atom. The van der Waals surface area contributed by atoms with E-state index in [0.29, 0.717) is 12.1 Å². The first-order valence-electron chi connectivity index (χ1n) is 7.36. The van der Waals surface area contributed by atoms with Crippen LogP contribution < -0.4 is 10.4 Å². The summed E-state index contributed by atoms with van der Waals surface area (Å²) in [4.78, 5) is 23.1. The largest absolute Gasteiger partial charge is 0.550 e. The maximum Gasteiger partial charge on any atom is 0.416 e. The van der Waals surface area contributed by atoms with Gasteiger partial charge in [-0.3, -0.25) is 4.79 Å². The van der Waals surface area contributed by atoms with Crippen LogP contribution in [0.5, 0.6) is 0 Å². The molecule has 2 rings (SSSR count). The molecule has 0 aliphatic rings. The van der Waals surface area contributed by atoms with Crippen LogP contribution in [-0.2, 0) is 23.6 Å². The number of carbonyl (C=O) groups is 2. The van der Waals surface area contributed by atoms with Crippen molar-refractivity contribution < 1.29 is 41.0 Å². The van der Waals surface area contributed by atoms with Crippen molar-refractivity contribution in [3.63, 3.8) is 0 Å². The summed E-state index contributed by atoms with van der Waals surface area (Å²) in [5.41, 5.74) is -4.41. The Balaban J connectivity index is 2.47. The zero-order valence-corrected chi connectivity index (χ0v) is 14.3. The van der Waals surface area contributed by atoms with Gasteiger partial charge in [0.1, 0.15) is 0 Å². The van der Waals surface area contributed by atoms with Crippen LogP contribution in [0.25, 0.3) is 0 Å². The molecule has 11 heteroatoms. The number of hydrogen-bond acceptors (Lipinski definition) is 3. The maximum absolute atomic E-state index is 12.9. The summed E-state index contributed by atoms with van der Waals surface area (Å²) >= 11 is 5.73. The molecule has 0 heterocycles. The minimum Gasteiger partial charge on any atom is -0.550 e. The number of anilines is 1. The lowest BCUT2D eigenvalue weighted by Gasteiger charge is -2.16. The highest BCUT2D eigenvalue weighted by atomic mass is 35.5. The van der Waals surface area contributed by atoms with Gasteiger partial charge in [-0.2, -0.15) is 26.3 Å². The fourth-order valence-electron chi connectivity index (χ4n) is 2.30. The van der Waals surface area contributed by atoms with E-state index in [2.05, 4.69) is 0 Å². The van der Waals surface area contributed by atoms with Gasteiger partial charge < -0.3 is 15.2 Å². The van der Waals surface area contributed by atoms with Crippen LogP contribution in [0.4, 0.5) is 32.0 Å². The van der Waals surface area contributed by atoms with Crippen LogP contribution in [0.1, 0.15) is 27.0 Å². The van der Waals surface area contributed by atoms with Crippen LogP contribution >= 0.6 is 11.6 Å². The number of nitrogens with one attached hydrogen (secondary N) is 1. The van der Waals surface area contributed by atoms with Crippen LogP contribution in [0.3, 0.4) is 0 Å². The topological polar surface area (TPSA) is 69.2 Å². The van der Waals surface area contributed by atoms with Gasteiger partial charge in [-0.25, -0.2) is 0 Å². The van der Waals surface area contributed by atoms with Crippen molar-refractivity contribution in [3.8, 4) is 0 Å². The highest BCUT2D eigenvalue weighted by Crippen LogP contribution is 2.37. The first-order chi connectivity index (χ1) is 12.8. The van der Waals surface area contributed by atoms with Gasteiger partial charge in [-0.15, -0.1) is 0 Å². The molecule has 0 aromatic heterocycles. The summed E-state index contributed by atoms with van der Waals surface area (Å²) < 4.78 is 77.3. The Bertz CT molecular complexity index is 892. The normalized spacial score (nSPS) is 12.0. The molecule has 0 spiro atoms. The van der Waals surface area contributed by atoms with E-state index in [4.69, 9.17) is 11.6 Å². The maximum atomic E-state index is 12.9. The first kappa shape index (κ1) is 21.5. The van der Waals surface area contributed by atoms with Crippen molar-refractivity contribution in [1.82, 2.24) is 0 Å². The zero-order chi connectivity index (χ0) is 21.3. The van der Waals surface area contributed by atoms with E-state index in [-0.39, 0.29) is 22.2 Å². The molecule has 0 aliphatic carbocycles.